The van der Waals surface area contributed by atoms with Gasteiger partial charge in [0.15, 0.2) is 12.4 Å². The molecule has 1 aliphatic carbocycles. The van der Waals surface area contributed by atoms with Crippen molar-refractivity contribution < 1.29 is 13.9 Å². The Morgan fingerprint density at radius 1 is 1.03 bits per heavy atom. The number of carbonyl (C=O) groups is 1. The molecule has 1 fully saturated rings. The maximum Gasteiger partial charge on any atom is 0.258 e. The lowest BCUT2D eigenvalue weighted by Crippen LogP contribution is -2.39. The maximum absolute atomic E-state index is 13.4. The van der Waals surface area contributed by atoms with Crippen molar-refractivity contribution in [2.45, 2.75) is 58.9 Å². The normalized spacial score (nSPS) is 14.5. The SMILES string of the molecule is Cc1ccc(-c2oc3cc(C)cc(C)c3c(=O)c2OCC(=O)NC2CCCCC2)cc1. The predicted octanol–water partition coefficient (Wildman–Crippen LogP) is 5.21. The first-order chi connectivity index (χ1) is 14.9. The van der Waals surface area contributed by atoms with Crippen molar-refractivity contribution in [1.82, 2.24) is 5.32 Å². The Hall–Kier alpha value is -3.08. The average molecular weight is 420 g/mol. The number of aryl methyl sites for hydroxylation is 3. The molecule has 0 bridgehead atoms. The summed E-state index contributed by atoms with van der Waals surface area (Å²) in [7, 11) is 0. The smallest absolute Gasteiger partial charge is 0.258 e. The lowest BCUT2D eigenvalue weighted by Gasteiger charge is -2.22. The van der Waals surface area contributed by atoms with E-state index in [1.165, 1.54) is 6.42 Å². The fourth-order valence-corrected chi connectivity index (χ4v) is 4.35. The third kappa shape index (κ3) is 4.66. The molecule has 0 spiro atoms. The van der Waals surface area contributed by atoms with Crippen molar-refractivity contribution in [3.63, 3.8) is 0 Å². The molecule has 5 heteroatoms. The Bertz CT molecular complexity index is 1150. The minimum atomic E-state index is -0.250. The number of rotatable bonds is 5. The molecule has 162 valence electrons. The standard InChI is InChI=1S/C26H29NO4/c1-16-9-11-19(12-10-16)25-26(30-15-22(28)27-20-7-5-4-6-8-20)24(29)23-18(3)13-17(2)14-21(23)31-25/h9-14,20H,4-8,15H2,1-3H3,(H,27,28). The quantitative estimate of drug-likeness (QED) is 0.616. The Labute approximate surface area is 182 Å². The van der Waals surface area contributed by atoms with E-state index in [9.17, 15) is 9.59 Å². The fourth-order valence-electron chi connectivity index (χ4n) is 4.35. The van der Waals surface area contributed by atoms with E-state index in [0.29, 0.717) is 16.7 Å². The summed E-state index contributed by atoms with van der Waals surface area (Å²) in [4.78, 5) is 25.9. The first-order valence-electron chi connectivity index (χ1n) is 11.0. The molecule has 1 aliphatic rings. The minimum Gasteiger partial charge on any atom is -0.476 e. The second-order valence-corrected chi connectivity index (χ2v) is 8.60. The van der Waals surface area contributed by atoms with Gasteiger partial charge in [-0.3, -0.25) is 9.59 Å². The lowest BCUT2D eigenvalue weighted by atomic mass is 9.95. The molecule has 1 heterocycles. The van der Waals surface area contributed by atoms with Crippen molar-refractivity contribution in [2.24, 2.45) is 0 Å². The van der Waals surface area contributed by atoms with E-state index in [-0.39, 0.29) is 29.7 Å². The zero-order valence-electron chi connectivity index (χ0n) is 18.4. The Kier molecular flexibility index (Phi) is 6.12. The molecule has 1 amide bonds. The van der Waals surface area contributed by atoms with Crippen LogP contribution in [-0.4, -0.2) is 18.6 Å². The molecule has 0 radical (unpaired) electrons. The van der Waals surface area contributed by atoms with Gasteiger partial charge >= 0.3 is 0 Å². The van der Waals surface area contributed by atoms with Crippen LogP contribution in [0.25, 0.3) is 22.3 Å². The van der Waals surface area contributed by atoms with E-state index in [1.54, 1.807) is 0 Å². The van der Waals surface area contributed by atoms with Crippen molar-refractivity contribution >= 4 is 16.9 Å². The molecule has 31 heavy (non-hydrogen) atoms. The van der Waals surface area contributed by atoms with Crippen LogP contribution in [0.15, 0.2) is 45.6 Å². The van der Waals surface area contributed by atoms with Crippen molar-refractivity contribution in [3.8, 4) is 17.1 Å². The van der Waals surface area contributed by atoms with Gasteiger partial charge in [0.25, 0.3) is 5.91 Å². The molecular weight excluding hydrogens is 390 g/mol. The number of fused-ring (bicyclic) bond motifs is 1. The maximum atomic E-state index is 13.4. The zero-order chi connectivity index (χ0) is 22.0. The van der Waals surface area contributed by atoms with E-state index >= 15 is 0 Å². The molecule has 0 aliphatic heterocycles. The molecule has 0 saturated heterocycles. The predicted molar refractivity (Wildman–Crippen MR) is 123 cm³/mol. The summed E-state index contributed by atoms with van der Waals surface area (Å²) in [6.45, 7) is 5.64. The van der Waals surface area contributed by atoms with Crippen LogP contribution >= 0.6 is 0 Å². The van der Waals surface area contributed by atoms with Crippen molar-refractivity contribution in [1.29, 1.82) is 0 Å². The van der Waals surface area contributed by atoms with Crippen LogP contribution in [0.5, 0.6) is 5.75 Å². The van der Waals surface area contributed by atoms with Gasteiger partial charge in [-0.1, -0.05) is 55.2 Å². The van der Waals surface area contributed by atoms with Gasteiger partial charge in [0.2, 0.25) is 11.2 Å². The topological polar surface area (TPSA) is 68.5 Å². The Morgan fingerprint density at radius 2 is 1.74 bits per heavy atom. The fraction of sp³-hybridized carbons (Fsp3) is 0.385. The van der Waals surface area contributed by atoms with Crippen LogP contribution in [-0.2, 0) is 4.79 Å². The molecular formula is C26H29NO4. The molecule has 0 unspecified atom stereocenters. The van der Waals surface area contributed by atoms with E-state index in [2.05, 4.69) is 5.32 Å². The highest BCUT2D eigenvalue weighted by molar-refractivity contribution is 5.86. The van der Waals surface area contributed by atoms with Crippen molar-refractivity contribution in [3.05, 3.63) is 63.3 Å². The summed E-state index contributed by atoms with van der Waals surface area (Å²) < 4.78 is 12.0. The molecule has 4 rings (SSSR count). The molecule has 1 aromatic heterocycles. The molecule has 0 atom stereocenters. The van der Waals surface area contributed by atoms with Gasteiger partial charge in [-0.25, -0.2) is 0 Å². The molecule has 2 aromatic carbocycles. The Morgan fingerprint density at radius 3 is 2.45 bits per heavy atom. The summed E-state index contributed by atoms with van der Waals surface area (Å²) in [5, 5.41) is 3.52. The van der Waals surface area contributed by atoms with Gasteiger partial charge in [-0.2, -0.15) is 0 Å². The van der Waals surface area contributed by atoms with Crippen LogP contribution in [0, 0.1) is 20.8 Å². The van der Waals surface area contributed by atoms with Crippen LogP contribution in [0.4, 0.5) is 0 Å². The van der Waals surface area contributed by atoms with Gasteiger partial charge in [0.05, 0.1) is 5.39 Å². The highest BCUT2D eigenvalue weighted by atomic mass is 16.5. The van der Waals surface area contributed by atoms with Crippen LogP contribution in [0.1, 0.15) is 48.8 Å². The van der Waals surface area contributed by atoms with E-state index in [1.807, 2.05) is 57.2 Å². The highest BCUT2D eigenvalue weighted by Gasteiger charge is 2.21. The monoisotopic (exact) mass is 419 g/mol. The summed E-state index contributed by atoms with van der Waals surface area (Å²) in [6.07, 6.45) is 5.49. The lowest BCUT2D eigenvalue weighted by molar-refractivity contribution is -0.124. The third-order valence-electron chi connectivity index (χ3n) is 5.93. The number of ether oxygens (including phenoxy) is 1. The second kappa shape index (κ2) is 8.96. The van der Waals surface area contributed by atoms with Crippen LogP contribution in [0.2, 0.25) is 0 Å². The van der Waals surface area contributed by atoms with E-state index in [4.69, 9.17) is 9.15 Å². The number of amides is 1. The molecule has 1 N–H and O–H groups in total. The number of hydrogen-bond acceptors (Lipinski definition) is 4. The molecule has 3 aromatic rings. The molecule has 5 nitrogen and oxygen atoms in total. The third-order valence-corrected chi connectivity index (χ3v) is 5.93. The summed E-state index contributed by atoms with van der Waals surface area (Å²) in [6, 6.07) is 11.7. The zero-order valence-corrected chi connectivity index (χ0v) is 18.4. The van der Waals surface area contributed by atoms with Gasteiger partial charge in [0, 0.05) is 11.6 Å². The first kappa shape index (κ1) is 21.2. The highest BCUT2D eigenvalue weighted by Crippen LogP contribution is 2.32. The van der Waals surface area contributed by atoms with Crippen LogP contribution < -0.4 is 15.5 Å². The summed E-state index contributed by atoms with van der Waals surface area (Å²) in [5.41, 5.74) is 3.97. The first-order valence-corrected chi connectivity index (χ1v) is 11.0. The molecule has 1 saturated carbocycles. The van der Waals surface area contributed by atoms with Crippen LogP contribution in [0.3, 0.4) is 0 Å². The average Bonchev–Trinajstić information content (AvgIpc) is 2.73. The van der Waals surface area contributed by atoms with Gasteiger partial charge in [-0.15, -0.1) is 0 Å². The van der Waals surface area contributed by atoms with Crippen molar-refractivity contribution in [2.75, 3.05) is 6.61 Å². The van der Waals surface area contributed by atoms with E-state index in [0.717, 1.165) is 47.9 Å². The number of benzene rings is 2. The van der Waals surface area contributed by atoms with Gasteiger partial charge in [-0.05, 0) is 50.8 Å². The summed E-state index contributed by atoms with van der Waals surface area (Å²) >= 11 is 0. The largest absolute Gasteiger partial charge is 0.476 e. The number of nitrogens with one attached hydrogen (secondary N) is 1. The van der Waals surface area contributed by atoms with Gasteiger partial charge in [0.1, 0.15) is 5.58 Å². The minimum absolute atomic E-state index is 0.0853. The van der Waals surface area contributed by atoms with Gasteiger partial charge < -0.3 is 14.5 Å². The Balaban J connectivity index is 1.70. The number of hydrogen-bond donors (Lipinski definition) is 1. The summed E-state index contributed by atoms with van der Waals surface area (Å²) in [5.74, 6) is 0.233. The van der Waals surface area contributed by atoms with E-state index < -0.39 is 0 Å². The number of carbonyl (C=O) groups excluding carboxylic acids is 1. The second-order valence-electron chi connectivity index (χ2n) is 8.60.